The topological polar surface area (TPSA) is 75.7 Å². The van der Waals surface area contributed by atoms with E-state index in [9.17, 15) is 13.2 Å². The highest BCUT2D eigenvalue weighted by molar-refractivity contribution is 7.94. The van der Waals surface area contributed by atoms with E-state index in [4.69, 9.17) is 16.3 Å². The van der Waals surface area contributed by atoms with Crippen molar-refractivity contribution in [2.75, 3.05) is 29.4 Å². The molecule has 0 atom stereocenters. The van der Waals surface area contributed by atoms with Crippen molar-refractivity contribution >= 4 is 50.2 Å². The second-order valence-electron chi connectivity index (χ2n) is 4.81. The zero-order valence-corrected chi connectivity index (χ0v) is 14.2. The molecule has 9 heteroatoms. The molecule has 23 heavy (non-hydrogen) atoms. The van der Waals surface area contributed by atoms with Gasteiger partial charge in [0, 0.05) is 17.9 Å². The van der Waals surface area contributed by atoms with Crippen molar-refractivity contribution in [1.82, 2.24) is 0 Å². The van der Waals surface area contributed by atoms with E-state index in [1.165, 1.54) is 12.1 Å². The molecule has 0 spiro atoms. The van der Waals surface area contributed by atoms with Gasteiger partial charge in [0.1, 0.15) is 10.8 Å². The number of halogens is 1. The molecule has 0 saturated carbocycles. The standard InChI is InChI=1S/C14H13ClN2O4S2/c15-12-5-6-14(22-12)23(19,20)16-10-1-3-11(4-2-10)17-7-8-21-9-13(17)18/h1-6,16H,7-9H2. The molecule has 1 N–H and O–H groups in total. The summed E-state index contributed by atoms with van der Waals surface area (Å²) in [5.74, 6) is -0.113. The highest BCUT2D eigenvalue weighted by Gasteiger charge is 2.21. The van der Waals surface area contributed by atoms with Crippen LogP contribution in [0.2, 0.25) is 4.34 Å². The third-order valence-electron chi connectivity index (χ3n) is 3.23. The molecule has 2 aromatic rings. The van der Waals surface area contributed by atoms with Crippen molar-refractivity contribution in [1.29, 1.82) is 0 Å². The summed E-state index contributed by atoms with van der Waals surface area (Å²) in [4.78, 5) is 13.4. The number of thiophene rings is 1. The minimum atomic E-state index is -3.66. The Morgan fingerprint density at radius 1 is 1.17 bits per heavy atom. The van der Waals surface area contributed by atoms with Gasteiger partial charge in [0.2, 0.25) is 0 Å². The molecule has 1 aliphatic heterocycles. The van der Waals surface area contributed by atoms with E-state index < -0.39 is 10.0 Å². The van der Waals surface area contributed by atoms with Crippen LogP contribution >= 0.6 is 22.9 Å². The van der Waals surface area contributed by atoms with Crippen molar-refractivity contribution in [3.05, 3.63) is 40.7 Å². The average Bonchev–Trinajstić information content (AvgIpc) is 2.96. The van der Waals surface area contributed by atoms with E-state index >= 15 is 0 Å². The Morgan fingerprint density at radius 2 is 1.91 bits per heavy atom. The maximum Gasteiger partial charge on any atom is 0.271 e. The smallest absolute Gasteiger partial charge is 0.271 e. The molecule has 2 heterocycles. The number of nitrogens with zero attached hydrogens (tertiary/aromatic N) is 1. The number of carbonyl (C=O) groups excluding carboxylic acids is 1. The van der Waals surface area contributed by atoms with Gasteiger partial charge in [-0.1, -0.05) is 11.6 Å². The van der Waals surface area contributed by atoms with Crippen LogP contribution < -0.4 is 9.62 Å². The van der Waals surface area contributed by atoms with Gasteiger partial charge in [-0.3, -0.25) is 9.52 Å². The summed E-state index contributed by atoms with van der Waals surface area (Å²) in [6, 6.07) is 9.62. The zero-order valence-electron chi connectivity index (χ0n) is 11.9. The van der Waals surface area contributed by atoms with E-state index in [0.29, 0.717) is 28.9 Å². The summed E-state index contributed by atoms with van der Waals surface area (Å²) < 4.78 is 32.5. The van der Waals surface area contributed by atoms with Crippen LogP contribution in [0.1, 0.15) is 0 Å². The fourth-order valence-corrected chi connectivity index (χ4v) is 4.69. The number of carbonyl (C=O) groups is 1. The number of rotatable bonds is 4. The van der Waals surface area contributed by atoms with Crippen LogP contribution in [0.15, 0.2) is 40.6 Å². The Labute approximate surface area is 142 Å². The molecule has 0 unspecified atom stereocenters. The molecule has 1 fully saturated rings. The maximum absolute atomic E-state index is 12.2. The van der Waals surface area contributed by atoms with Gasteiger partial charge in [-0.05, 0) is 36.4 Å². The van der Waals surface area contributed by atoms with Gasteiger partial charge >= 0.3 is 0 Å². The molecular formula is C14H13ClN2O4S2. The Kier molecular flexibility index (Phi) is 4.58. The lowest BCUT2D eigenvalue weighted by Gasteiger charge is -2.26. The number of amides is 1. The third kappa shape index (κ3) is 3.66. The van der Waals surface area contributed by atoms with Crippen LogP contribution in [-0.4, -0.2) is 34.1 Å². The average molecular weight is 373 g/mol. The van der Waals surface area contributed by atoms with Gasteiger partial charge in [-0.2, -0.15) is 0 Å². The Balaban J connectivity index is 1.76. The van der Waals surface area contributed by atoms with Crippen LogP contribution in [0, 0.1) is 0 Å². The van der Waals surface area contributed by atoms with Crippen LogP contribution in [0.25, 0.3) is 0 Å². The van der Waals surface area contributed by atoms with Gasteiger partial charge in [0.05, 0.1) is 10.9 Å². The molecule has 0 bridgehead atoms. The number of hydrogen-bond acceptors (Lipinski definition) is 5. The molecule has 1 aliphatic rings. The Hall–Kier alpha value is -1.61. The number of sulfonamides is 1. The molecule has 0 radical (unpaired) electrons. The minimum absolute atomic E-state index is 0.0630. The molecule has 1 saturated heterocycles. The summed E-state index contributed by atoms with van der Waals surface area (Å²) in [7, 11) is -3.66. The number of ether oxygens (including phenoxy) is 1. The third-order valence-corrected chi connectivity index (χ3v) is 6.33. The summed E-state index contributed by atoms with van der Waals surface area (Å²) in [6.07, 6.45) is 0. The number of anilines is 2. The number of morpholine rings is 1. The number of benzene rings is 1. The van der Waals surface area contributed by atoms with Crippen LogP contribution in [0.5, 0.6) is 0 Å². The molecule has 1 amide bonds. The van der Waals surface area contributed by atoms with Gasteiger partial charge < -0.3 is 9.64 Å². The molecule has 0 aliphatic carbocycles. The summed E-state index contributed by atoms with van der Waals surface area (Å²) in [5, 5.41) is 0. The first-order chi connectivity index (χ1) is 11.0. The number of hydrogen-bond donors (Lipinski definition) is 1. The highest BCUT2D eigenvalue weighted by Crippen LogP contribution is 2.28. The number of nitrogens with one attached hydrogen (secondary N) is 1. The van der Waals surface area contributed by atoms with Crippen LogP contribution in [0.3, 0.4) is 0 Å². The van der Waals surface area contributed by atoms with E-state index in [0.717, 1.165) is 11.3 Å². The first-order valence-electron chi connectivity index (χ1n) is 6.72. The van der Waals surface area contributed by atoms with Crippen LogP contribution in [-0.2, 0) is 19.6 Å². The van der Waals surface area contributed by atoms with Crippen molar-refractivity contribution in [3.63, 3.8) is 0 Å². The van der Waals surface area contributed by atoms with Crippen molar-refractivity contribution in [2.45, 2.75) is 4.21 Å². The van der Waals surface area contributed by atoms with E-state index in [1.54, 1.807) is 29.2 Å². The fourth-order valence-electron chi connectivity index (χ4n) is 2.15. The minimum Gasteiger partial charge on any atom is -0.370 e. The second kappa shape index (κ2) is 6.48. The van der Waals surface area contributed by atoms with E-state index in [2.05, 4.69) is 4.72 Å². The first-order valence-corrected chi connectivity index (χ1v) is 9.40. The Bertz CT molecular complexity index is 818. The maximum atomic E-state index is 12.2. The Morgan fingerprint density at radius 3 is 2.52 bits per heavy atom. The quantitative estimate of drug-likeness (QED) is 0.894. The fraction of sp³-hybridized carbons (Fsp3) is 0.214. The molecule has 3 rings (SSSR count). The lowest BCUT2D eigenvalue weighted by atomic mass is 10.2. The monoisotopic (exact) mass is 372 g/mol. The highest BCUT2D eigenvalue weighted by atomic mass is 35.5. The lowest BCUT2D eigenvalue weighted by molar-refractivity contribution is -0.125. The summed E-state index contributed by atoms with van der Waals surface area (Å²) in [6.45, 7) is 1.03. The molecule has 122 valence electrons. The van der Waals surface area contributed by atoms with Crippen molar-refractivity contribution in [3.8, 4) is 0 Å². The SMILES string of the molecule is O=C1COCCN1c1ccc(NS(=O)(=O)c2ccc(Cl)s2)cc1. The van der Waals surface area contributed by atoms with Crippen molar-refractivity contribution < 1.29 is 17.9 Å². The first kappa shape index (κ1) is 16.3. The van der Waals surface area contributed by atoms with E-state index in [1.807, 2.05) is 0 Å². The molecule has 1 aromatic heterocycles. The normalized spacial score (nSPS) is 15.7. The largest absolute Gasteiger partial charge is 0.370 e. The molecule has 6 nitrogen and oxygen atoms in total. The van der Waals surface area contributed by atoms with E-state index in [-0.39, 0.29) is 16.7 Å². The van der Waals surface area contributed by atoms with Crippen LogP contribution in [0.4, 0.5) is 11.4 Å². The predicted molar refractivity (Wildman–Crippen MR) is 89.8 cm³/mol. The van der Waals surface area contributed by atoms with Crippen molar-refractivity contribution in [2.24, 2.45) is 0 Å². The van der Waals surface area contributed by atoms with Gasteiger partial charge in [0.15, 0.2) is 0 Å². The molecular weight excluding hydrogens is 360 g/mol. The lowest BCUT2D eigenvalue weighted by Crippen LogP contribution is -2.41. The molecule has 1 aromatic carbocycles. The second-order valence-corrected chi connectivity index (χ2v) is 8.43. The zero-order chi connectivity index (χ0) is 16.4. The van der Waals surface area contributed by atoms with Gasteiger partial charge in [-0.25, -0.2) is 8.42 Å². The predicted octanol–water partition coefficient (Wildman–Crippen LogP) is 2.57. The van der Waals surface area contributed by atoms with Gasteiger partial charge in [0.25, 0.3) is 15.9 Å². The summed E-state index contributed by atoms with van der Waals surface area (Å²) in [5.41, 5.74) is 1.12. The summed E-state index contributed by atoms with van der Waals surface area (Å²) >= 11 is 6.76. The van der Waals surface area contributed by atoms with Gasteiger partial charge in [-0.15, -0.1) is 11.3 Å².